The summed E-state index contributed by atoms with van der Waals surface area (Å²) in [6, 6.07) is 11.2. The first-order valence-corrected chi connectivity index (χ1v) is 10.2. The number of fused-ring (bicyclic) bond motifs is 2. The molecule has 4 heterocycles. The summed E-state index contributed by atoms with van der Waals surface area (Å²) >= 11 is 0. The number of aromatic nitrogens is 3. The molecule has 4 aromatic rings. The fourth-order valence-corrected chi connectivity index (χ4v) is 3.90. The maximum atomic E-state index is 12.9. The molecule has 0 spiro atoms. The lowest BCUT2D eigenvalue weighted by Gasteiger charge is -2.22. The molecule has 5 rings (SSSR count). The van der Waals surface area contributed by atoms with Crippen LogP contribution >= 0.6 is 0 Å². The monoisotopic (exact) mass is 414 g/mol. The highest BCUT2D eigenvalue weighted by atomic mass is 16.5. The predicted octanol–water partition coefficient (Wildman–Crippen LogP) is 3.61. The number of allylic oxidation sites excluding steroid dienone is 2. The molecule has 0 aliphatic carbocycles. The van der Waals surface area contributed by atoms with E-state index in [9.17, 15) is 4.79 Å². The third-order valence-corrected chi connectivity index (χ3v) is 5.64. The van der Waals surface area contributed by atoms with Crippen LogP contribution in [-0.2, 0) is 6.42 Å². The van der Waals surface area contributed by atoms with E-state index in [2.05, 4.69) is 21.1 Å². The molecule has 0 atom stereocenters. The Balaban J connectivity index is 1.32. The first kappa shape index (κ1) is 19.1. The van der Waals surface area contributed by atoms with E-state index in [1.165, 1.54) is 0 Å². The zero-order chi connectivity index (χ0) is 21.4. The normalized spacial score (nSPS) is 13.7. The van der Waals surface area contributed by atoms with E-state index in [4.69, 9.17) is 9.26 Å². The molecule has 0 saturated carbocycles. The van der Waals surface area contributed by atoms with E-state index in [1.807, 2.05) is 55.6 Å². The highest BCUT2D eigenvalue weighted by molar-refractivity contribution is 5.92. The lowest BCUT2D eigenvalue weighted by atomic mass is 10.1. The van der Waals surface area contributed by atoms with Gasteiger partial charge in [0.2, 0.25) is 0 Å². The second kappa shape index (κ2) is 7.75. The van der Waals surface area contributed by atoms with Crippen molar-refractivity contribution >= 4 is 22.2 Å². The van der Waals surface area contributed by atoms with E-state index in [-0.39, 0.29) is 5.56 Å². The molecule has 0 saturated heterocycles. The van der Waals surface area contributed by atoms with Gasteiger partial charge < -0.3 is 14.2 Å². The molecule has 156 valence electrons. The first-order chi connectivity index (χ1) is 15.1. The van der Waals surface area contributed by atoms with Crippen molar-refractivity contribution in [1.82, 2.24) is 19.4 Å². The summed E-state index contributed by atoms with van der Waals surface area (Å²) in [6.07, 6.45) is 8.58. The molecule has 7 nitrogen and oxygen atoms in total. The highest BCUT2D eigenvalue weighted by Crippen LogP contribution is 2.29. The highest BCUT2D eigenvalue weighted by Gasteiger charge is 2.16. The minimum Gasteiger partial charge on any atom is -0.497 e. The lowest BCUT2D eigenvalue weighted by molar-refractivity contribution is 0.414. The molecule has 31 heavy (non-hydrogen) atoms. The molecule has 0 bridgehead atoms. The van der Waals surface area contributed by atoms with E-state index in [0.29, 0.717) is 12.1 Å². The van der Waals surface area contributed by atoms with Crippen molar-refractivity contribution in [2.24, 2.45) is 0 Å². The average molecular weight is 414 g/mol. The number of benzene rings is 1. The lowest BCUT2D eigenvalue weighted by Crippen LogP contribution is -2.27. The van der Waals surface area contributed by atoms with Gasteiger partial charge in [0.15, 0.2) is 5.58 Å². The number of methoxy groups -OCH3 is 1. The average Bonchev–Trinajstić information content (AvgIpc) is 3.22. The second-order valence-corrected chi connectivity index (χ2v) is 7.52. The Labute approximate surface area is 178 Å². The molecule has 0 amide bonds. The summed E-state index contributed by atoms with van der Waals surface area (Å²) < 4.78 is 12.4. The van der Waals surface area contributed by atoms with Gasteiger partial charge in [-0.25, -0.2) is 4.98 Å². The number of aryl methyl sites for hydroxylation is 1. The minimum absolute atomic E-state index is 0.00309. The van der Waals surface area contributed by atoms with Crippen molar-refractivity contribution in [3.63, 3.8) is 0 Å². The summed E-state index contributed by atoms with van der Waals surface area (Å²) in [7, 11) is 1.64. The Morgan fingerprint density at radius 1 is 1.23 bits per heavy atom. The van der Waals surface area contributed by atoms with Crippen molar-refractivity contribution in [1.29, 1.82) is 0 Å². The SMILES string of the molecule is COc1ccc2onc(C3=CCN(CCc4c(C)nc5ccccn5c4=O)C=C3)c2c1. The van der Waals surface area contributed by atoms with Gasteiger partial charge >= 0.3 is 0 Å². The second-order valence-electron chi connectivity index (χ2n) is 7.52. The number of nitrogens with zero attached hydrogens (tertiary/aromatic N) is 4. The molecule has 0 fully saturated rings. The van der Waals surface area contributed by atoms with Crippen molar-refractivity contribution in [2.45, 2.75) is 13.3 Å². The van der Waals surface area contributed by atoms with Gasteiger partial charge in [-0.15, -0.1) is 0 Å². The first-order valence-electron chi connectivity index (χ1n) is 10.2. The van der Waals surface area contributed by atoms with E-state index in [0.717, 1.165) is 52.3 Å². The van der Waals surface area contributed by atoms with Crippen LogP contribution in [0.3, 0.4) is 0 Å². The third kappa shape index (κ3) is 3.48. The minimum atomic E-state index is 0.00309. The van der Waals surface area contributed by atoms with Crippen LogP contribution in [0.1, 0.15) is 17.0 Å². The summed E-state index contributed by atoms with van der Waals surface area (Å²) in [5.74, 6) is 0.768. The molecule has 1 aliphatic heterocycles. The molecule has 1 aromatic carbocycles. The molecule has 7 heteroatoms. The number of hydrogen-bond acceptors (Lipinski definition) is 6. The number of hydrogen-bond donors (Lipinski definition) is 0. The number of pyridine rings is 1. The molecule has 3 aromatic heterocycles. The molecular weight excluding hydrogens is 392 g/mol. The Bertz CT molecular complexity index is 1400. The van der Waals surface area contributed by atoms with Gasteiger partial charge in [0, 0.05) is 42.3 Å². The quantitative estimate of drug-likeness (QED) is 0.497. The summed E-state index contributed by atoms with van der Waals surface area (Å²) in [5.41, 5.74) is 4.76. The van der Waals surface area contributed by atoms with Gasteiger partial charge in [-0.1, -0.05) is 17.3 Å². The van der Waals surface area contributed by atoms with Crippen LogP contribution in [0.25, 0.3) is 22.2 Å². The van der Waals surface area contributed by atoms with Crippen LogP contribution in [0.15, 0.2) is 70.3 Å². The molecular formula is C24H22N4O3. The Morgan fingerprint density at radius 2 is 2.13 bits per heavy atom. The molecule has 0 unspecified atom stereocenters. The fraction of sp³-hybridized carbons (Fsp3) is 0.208. The maximum absolute atomic E-state index is 12.9. The molecule has 0 radical (unpaired) electrons. The molecule has 1 aliphatic rings. The Kier molecular flexibility index (Phi) is 4.78. The van der Waals surface area contributed by atoms with Crippen LogP contribution in [0.4, 0.5) is 0 Å². The fourth-order valence-electron chi connectivity index (χ4n) is 3.90. The predicted molar refractivity (Wildman–Crippen MR) is 119 cm³/mol. The van der Waals surface area contributed by atoms with E-state index in [1.54, 1.807) is 17.7 Å². The van der Waals surface area contributed by atoms with Crippen LogP contribution in [0.5, 0.6) is 5.75 Å². The molecule has 0 N–H and O–H groups in total. The zero-order valence-corrected chi connectivity index (χ0v) is 17.4. The number of ether oxygens (including phenoxy) is 1. The Morgan fingerprint density at radius 3 is 2.94 bits per heavy atom. The number of rotatable bonds is 5. The smallest absolute Gasteiger partial charge is 0.261 e. The van der Waals surface area contributed by atoms with Crippen molar-refractivity contribution in [2.75, 3.05) is 20.2 Å². The van der Waals surface area contributed by atoms with Crippen LogP contribution in [-0.4, -0.2) is 39.6 Å². The standard InChI is InChI=1S/C24H22N4O3/c1-16-19(24(29)28-11-4-3-5-22(28)25-16)10-14-27-12-8-17(9-13-27)23-20-15-18(30-2)6-7-21(20)31-26-23/h3-9,11-12,15H,10,13-14H2,1-2H3. The van der Waals surface area contributed by atoms with E-state index < -0.39 is 0 Å². The van der Waals surface area contributed by atoms with Gasteiger partial charge in [-0.3, -0.25) is 9.20 Å². The summed E-state index contributed by atoms with van der Waals surface area (Å²) in [6.45, 7) is 3.35. The summed E-state index contributed by atoms with van der Waals surface area (Å²) in [5, 5.41) is 5.17. The maximum Gasteiger partial charge on any atom is 0.261 e. The zero-order valence-electron chi connectivity index (χ0n) is 17.4. The third-order valence-electron chi connectivity index (χ3n) is 5.64. The van der Waals surface area contributed by atoms with Gasteiger partial charge in [0.05, 0.1) is 12.5 Å². The van der Waals surface area contributed by atoms with Gasteiger partial charge in [-0.2, -0.15) is 0 Å². The van der Waals surface area contributed by atoms with Gasteiger partial charge in [0.25, 0.3) is 5.56 Å². The Hall–Kier alpha value is -3.87. The van der Waals surface area contributed by atoms with Crippen molar-refractivity contribution in [3.8, 4) is 5.75 Å². The van der Waals surface area contributed by atoms with Crippen molar-refractivity contribution in [3.05, 3.63) is 88.3 Å². The summed E-state index contributed by atoms with van der Waals surface area (Å²) in [4.78, 5) is 19.6. The van der Waals surface area contributed by atoms with Gasteiger partial charge in [0.1, 0.15) is 17.1 Å². The van der Waals surface area contributed by atoms with E-state index >= 15 is 0 Å². The largest absolute Gasteiger partial charge is 0.497 e. The van der Waals surface area contributed by atoms with Gasteiger partial charge in [-0.05, 0) is 49.8 Å². The van der Waals surface area contributed by atoms with Crippen LogP contribution in [0, 0.1) is 6.92 Å². The van der Waals surface area contributed by atoms with Crippen LogP contribution < -0.4 is 10.3 Å². The van der Waals surface area contributed by atoms with Crippen LogP contribution in [0.2, 0.25) is 0 Å². The van der Waals surface area contributed by atoms with Crippen molar-refractivity contribution < 1.29 is 9.26 Å². The topological polar surface area (TPSA) is 72.9 Å².